The van der Waals surface area contributed by atoms with E-state index in [0.29, 0.717) is 6.04 Å². The summed E-state index contributed by atoms with van der Waals surface area (Å²) in [5, 5.41) is 2.95. The fourth-order valence-corrected chi connectivity index (χ4v) is 1.46. The van der Waals surface area contributed by atoms with Crippen LogP contribution in [-0.2, 0) is 0 Å². The standard InChI is InChI=1S/C7H12N2O/c1-9-4-6(5-2-3-5)8-7(9)10/h5-6H,2-4H2,1H3,(H,8,10)/t6-/m1/s1. The van der Waals surface area contributed by atoms with E-state index in [4.69, 9.17) is 0 Å². The molecule has 1 aliphatic heterocycles. The maximum atomic E-state index is 10.9. The van der Waals surface area contributed by atoms with Gasteiger partial charge in [0.15, 0.2) is 0 Å². The predicted octanol–water partition coefficient (Wildman–Crippen LogP) is 0.420. The number of nitrogens with zero attached hydrogens (tertiary/aromatic N) is 1. The van der Waals surface area contributed by atoms with Crippen LogP contribution in [0.25, 0.3) is 0 Å². The first-order valence-electron chi connectivity index (χ1n) is 3.79. The van der Waals surface area contributed by atoms with Crippen molar-refractivity contribution >= 4 is 6.03 Å². The van der Waals surface area contributed by atoms with Gasteiger partial charge in [-0.05, 0) is 18.8 Å². The Morgan fingerprint density at radius 2 is 2.30 bits per heavy atom. The van der Waals surface area contributed by atoms with Crippen LogP contribution in [-0.4, -0.2) is 30.6 Å². The maximum Gasteiger partial charge on any atom is 0.317 e. The van der Waals surface area contributed by atoms with Gasteiger partial charge in [-0.1, -0.05) is 0 Å². The molecule has 1 aliphatic carbocycles. The number of hydrogen-bond acceptors (Lipinski definition) is 1. The molecule has 0 aromatic heterocycles. The summed E-state index contributed by atoms with van der Waals surface area (Å²) in [5.41, 5.74) is 0. The lowest BCUT2D eigenvalue weighted by molar-refractivity contribution is 0.226. The number of rotatable bonds is 1. The van der Waals surface area contributed by atoms with Crippen LogP contribution in [0.4, 0.5) is 4.79 Å². The van der Waals surface area contributed by atoms with Crippen LogP contribution in [0.1, 0.15) is 12.8 Å². The Hall–Kier alpha value is -0.730. The van der Waals surface area contributed by atoms with Gasteiger partial charge in [0.05, 0.1) is 6.04 Å². The maximum absolute atomic E-state index is 10.9. The lowest BCUT2D eigenvalue weighted by Crippen LogP contribution is -2.28. The van der Waals surface area contributed by atoms with Crippen LogP contribution in [0.3, 0.4) is 0 Å². The van der Waals surface area contributed by atoms with E-state index in [2.05, 4.69) is 5.32 Å². The van der Waals surface area contributed by atoms with Crippen molar-refractivity contribution in [2.24, 2.45) is 5.92 Å². The predicted molar refractivity (Wildman–Crippen MR) is 37.7 cm³/mol. The van der Waals surface area contributed by atoms with E-state index in [1.807, 2.05) is 7.05 Å². The largest absolute Gasteiger partial charge is 0.333 e. The molecule has 1 atom stereocenters. The Bertz CT molecular complexity index is 165. The van der Waals surface area contributed by atoms with Gasteiger partial charge in [-0.3, -0.25) is 0 Å². The monoisotopic (exact) mass is 140 g/mol. The Morgan fingerprint density at radius 3 is 2.70 bits per heavy atom. The van der Waals surface area contributed by atoms with Crippen LogP contribution in [0.15, 0.2) is 0 Å². The quantitative estimate of drug-likeness (QED) is 0.562. The molecule has 2 rings (SSSR count). The molecule has 2 amide bonds. The second kappa shape index (κ2) is 1.87. The first kappa shape index (κ1) is 6.01. The molecule has 3 heteroatoms. The molecular weight excluding hydrogens is 128 g/mol. The van der Waals surface area contributed by atoms with Crippen LogP contribution in [0, 0.1) is 5.92 Å². The van der Waals surface area contributed by atoms with E-state index in [-0.39, 0.29) is 6.03 Å². The van der Waals surface area contributed by atoms with Crippen molar-refractivity contribution in [1.82, 2.24) is 10.2 Å². The normalized spacial score (nSPS) is 32.7. The fraction of sp³-hybridized carbons (Fsp3) is 0.857. The van der Waals surface area contributed by atoms with Crippen molar-refractivity contribution in [1.29, 1.82) is 0 Å². The second-order valence-electron chi connectivity index (χ2n) is 3.27. The highest BCUT2D eigenvalue weighted by Crippen LogP contribution is 2.34. The Labute approximate surface area is 60.4 Å². The van der Waals surface area contributed by atoms with E-state index >= 15 is 0 Å². The minimum absolute atomic E-state index is 0.0944. The molecule has 1 heterocycles. The molecule has 56 valence electrons. The first-order chi connectivity index (χ1) is 4.77. The van der Waals surface area contributed by atoms with Gasteiger partial charge in [-0.25, -0.2) is 4.79 Å². The fourth-order valence-electron chi connectivity index (χ4n) is 1.46. The molecule has 2 fully saturated rings. The van der Waals surface area contributed by atoms with E-state index < -0.39 is 0 Å². The smallest absolute Gasteiger partial charge is 0.317 e. The van der Waals surface area contributed by atoms with E-state index in [0.717, 1.165) is 12.5 Å². The van der Waals surface area contributed by atoms with Crippen molar-refractivity contribution in [3.63, 3.8) is 0 Å². The summed E-state index contributed by atoms with van der Waals surface area (Å²) in [6.07, 6.45) is 2.61. The van der Waals surface area contributed by atoms with Crippen molar-refractivity contribution in [2.75, 3.05) is 13.6 Å². The molecule has 0 aromatic carbocycles. The second-order valence-corrected chi connectivity index (χ2v) is 3.27. The zero-order valence-corrected chi connectivity index (χ0v) is 6.13. The highest BCUT2D eigenvalue weighted by atomic mass is 16.2. The molecule has 0 unspecified atom stereocenters. The average Bonchev–Trinajstić information content (AvgIpc) is 2.64. The topological polar surface area (TPSA) is 32.3 Å². The van der Waals surface area contributed by atoms with Crippen molar-refractivity contribution in [3.8, 4) is 0 Å². The molecule has 0 bridgehead atoms. The number of likely N-dealkylation sites (N-methyl/N-ethyl adjacent to an activating group) is 1. The molecule has 1 saturated heterocycles. The number of carbonyl (C=O) groups excluding carboxylic acids is 1. The molecule has 0 aromatic rings. The molecular formula is C7H12N2O. The zero-order valence-electron chi connectivity index (χ0n) is 6.13. The first-order valence-corrected chi connectivity index (χ1v) is 3.79. The van der Waals surface area contributed by atoms with Gasteiger partial charge in [0.1, 0.15) is 0 Å². The molecule has 1 N–H and O–H groups in total. The molecule has 3 nitrogen and oxygen atoms in total. The summed E-state index contributed by atoms with van der Waals surface area (Å²) in [7, 11) is 1.84. The molecule has 1 saturated carbocycles. The third-order valence-corrected chi connectivity index (χ3v) is 2.32. The number of urea groups is 1. The van der Waals surface area contributed by atoms with Crippen LogP contribution in [0.2, 0.25) is 0 Å². The number of carbonyl (C=O) groups is 1. The van der Waals surface area contributed by atoms with Gasteiger partial charge in [0.25, 0.3) is 0 Å². The van der Waals surface area contributed by atoms with Crippen LogP contribution < -0.4 is 5.32 Å². The summed E-state index contributed by atoms with van der Waals surface area (Å²) < 4.78 is 0. The summed E-state index contributed by atoms with van der Waals surface area (Å²) in [4.78, 5) is 12.7. The minimum atomic E-state index is 0.0944. The molecule has 10 heavy (non-hydrogen) atoms. The van der Waals surface area contributed by atoms with Crippen LogP contribution in [0.5, 0.6) is 0 Å². The average molecular weight is 140 g/mol. The van der Waals surface area contributed by atoms with Gasteiger partial charge < -0.3 is 10.2 Å². The van der Waals surface area contributed by atoms with Gasteiger partial charge in [0.2, 0.25) is 0 Å². The van der Waals surface area contributed by atoms with E-state index in [9.17, 15) is 4.79 Å². The highest BCUT2D eigenvalue weighted by molar-refractivity contribution is 5.76. The van der Waals surface area contributed by atoms with Crippen molar-refractivity contribution in [3.05, 3.63) is 0 Å². The van der Waals surface area contributed by atoms with E-state index in [1.54, 1.807) is 4.90 Å². The van der Waals surface area contributed by atoms with Gasteiger partial charge >= 0.3 is 6.03 Å². The summed E-state index contributed by atoms with van der Waals surface area (Å²) >= 11 is 0. The summed E-state index contributed by atoms with van der Waals surface area (Å²) in [6.45, 7) is 0.906. The lowest BCUT2D eigenvalue weighted by atomic mass is 10.2. The lowest BCUT2D eigenvalue weighted by Gasteiger charge is -2.05. The zero-order chi connectivity index (χ0) is 7.14. The molecule has 0 spiro atoms. The van der Waals surface area contributed by atoms with Gasteiger partial charge in [-0.2, -0.15) is 0 Å². The summed E-state index contributed by atoms with van der Waals surface area (Å²) in [6, 6.07) is 0.550. The van der Waals surface area contributed by atoms with Crippen LogP contribution >= 0.6 is 0 Å². The SMILES string of the molecule is CN1C[C@H](C2CC2)NC1=O. The molecule has 2 aliphatic rings. The minimum Gasteiger partial charge on any atom is -0.333 e. The third-order valence-electron chi connectivity index (χ3n) is 2.32. The summed E-state index contributed by atoms with van der Waals surface area (Å²) in [5.74, 6) is 0.786. The Balaban J connectivity index is 1.97. The van der Waals surface area contributed by atoms with Gasteiger partial charge in [-0.15, -0.1) is 0 Å². The van der Waals surface area contributed by atoms with Gasteiger partial charge in [0, 0.05) is 13.6 Å². The highest BCUT2D eigenvalue weighted by Gasteiger charge is 2.37. The molecule has 0 radical (unpaired) electrons. The number of nitrogens with one attached hydrogen (secondary N) is 1. The number of amides is 2. The Morgan fingerprint density at radius 1 is 1.60 bits per heavy atom. The third kappa shape index (κ3) is 0.856. The van der Waals surface area contributed by atoms with E-state index in [1.165, 1.54) is 12.8 Å². The Kier molecular flexibility index (Phi) is 1.13. The van der Waals surface area contributed by atoms with Crippen molar-refractivity contribution in [2.45, 2.75) is 18.9 Å². The number of hydrogen-bond donors (Lipinski definition) is 1. The van der Waals surface area contributed by atoms with Crippen molar-refractivity contribution < 1.29 is 4.79 Å².